The Hall–Kier alpha value is -2.68. The lowest BCUT2D eigenvalue weighted by Gasteiger charge is -2.26. The molecule has 0 radical (unpaired) electrons. The van der Waals surface area contributed by atoms with Crippen molar-refractivity contribution in [2.45, 2.75) is 24.8 Å². The Bertz CT molecular complexity index is 1190. The summed E-state index contributed by atoms with van der Waals surface area (Å²) in [5, 5.41) is 4.78. The zero-order chi connectivity index (χ0) is 21.8. The third-order valence-electron chi connectivity index (χ3n) is 5.15. The number of fused-ring (bicyclic) bond motifs is 1. The molecule has 1 amide bonds. The van der Waals surface area contributed by atoms with Crippen molar-refractivity contribution in [1.29, 1.82) is 0 Å². The van der Waals surface area contributed by atoms with E-state index >= 15 is 0 Å². The first-order valence-electron chi connectivity index (χ1n) is 10.1. The first-order chi connectivity index (χ1) is 14.9. The number of nitrogens with zero attached hydrogens (tertiary/aromatic N) is 1. The lowest BCUT2D eigenvalue weighted by atomic mass is 10.1. The maximum Gasteiger partial charge on any atom is 0.251 e. The van der Waals surface area contributed by atoms with Gasteiger partial charge in [0, 0.05) is 23.5 Å². The van der Waals surface area contributed by atoms with Gasteiger partial charge < -0.3 is 10.1 Å². The van der Waals surface area contributed by atoms with Gasteiger partial charge in [-0.05, 0) is 66.2 Å². The number of carbonyl (C=O) groups is 1. The number of ether oxygens (including phenoxy) is 1. The summed E-state index contributed by atoms with van der Waals surface area (Å²) in [7, 11) is -3.67. The Balaban J connectivity index is 1.37. The second-order valence-electron chi connectivity index (χ2n) is 7.41. The highest BCUT2D eigenvalue weighted by atomic mass is 32.2. The predicted octanol–water partition coefficient (Wildman–Crippen LogP) is 3.61. The highest BCUT2D eigenvalue weighted by molar-refractivity contribution is 7.89. The topological polar surface area (TPSA) is 75.7 Å². The lowest BCUT2D eigenvalue weighted by Crippen LogP contribution is -2.35. The molecular formula is C23H24N2O4S2. The second kappa shape index (κ2) is 9.21. The van der Waals surface area contributed by atoms with Crippen molar-refractivity contribution < 1.29 is 17.9 Å². The Labute approximate surface area is 186 Å². The molecule has 3 aromatic rings. The molecule has 0 fully saturated rings. The van der Waals surface area contributed by atoms with E-state index in [1.807, 2.05) is 42.6 Å². The van der Waals surface area contributed by atoms with Crippen LogP contribution in [0.15, 0.2) is 64.9 Å². The summed E-state index contributed by atoms with van der Waals surface area (Å²) in [6.07, 6.45) is 0.716. The zero-order valence-electron chi connectivity index (χ0n) is 17.2. The molecule has 1 aliphatic heterocycles. The van der Waals surface area contributed by atoms with Gasteiger partial charge >= 0.3 is 0 Å². The first-order valence-corrected chi connectivity index (χ1v) is 12.4. The third kappa shape index (κ3) is 4.98. The Kier molecular flexibility index (Phi) is 6.41. The highest BCUT2D eigenvalue weighted by Gasteiger charge is 2.29. The van der Waals surface area contributed by atoms with Crippen molar-refractivity contribution >= 4 is 27.3 Å². The van der Waals surface area contributed by atoms with E-state index in [1.165, 1.54) is 21.3 Å². The fourth-order valence-corrected chi connectivity index (χ4v) is 5.87. The molecule has 162 valence electrons. The van der Waals surface area contributed by atoms with Crippen LogP contribution >= 0.6 is 11.3 Å². The summed E-state index contributed by atoms with van der Waals surface area (Å²) in [6.45, 7) is 3.44. The van der Waals surface area contributed by atoms with Crippen molar-refractivity contribution in [1.82, 2.24) is 9.62 Å². The van der Waals surface area contributed by atoms with Crippen molar-refractivity contribution in [3.05, 3.63) is 81.5 Å². The molecule has 0 saturated carbocycles. The molecule has 4 rings (SSSR count). The van der Waals surface area contributed by atoms with Gasteiger partial charge in [0.25, 0.3) is 5.91 Å². The smallest absolute Gasteiger partial charge is 0.251 e. The molecule has 0 bridgehead atoms. The molecule has 1 aliphatic rings. The van der Waals surface area contributed by atoms with Crippen LogP contribution in [0.1, 0.15) is 26.4 Å². The third-order valence-corrected chi connectivity index (χ3v) is 8.02. The van der Waals surface area contributed by atoms with Crippen molar-refractivity contribution in [2.24, 2.45) is 0 Å². The van der Waals surface area contributed by atoms with Gasteiger partial charge in [-0.3, -0.25) is 4.79 Å². The molecule has 2 aromatic carbocycles. The molecule has 0 saturated heterocycles. The zero-order valence-corrected chi connectivity index (χ0v) is 18.8. The lowest BCUT2D eigenvalue weighted by molar-refractivity contribution is 0.0946. The maximum absolute atomic E-state index is 13.1. The number of hydrogen-bond donors (Lipinski definition) is 1. The first kappa shape index (κ1) is 21.5. The van der Waals surface area contributed by atoms with Crippen LogP contribution < -0.4 is 10.1 Å². The molecule has 1 aromatic heterocycles. The van der Waals surface area contributed by atoms with Crippen LogP contribution in [0, 0.1) is 6.92 Å². The van der Waals surface area contributed by atoms with Gasteiger partial charge in [-0.1, -0.05) is 18.2 Å². The number of nitrogens with one attached hydrogen (secondary N) is 1. The van der Waals surface area contributed by atoms with Crippen molar-refractivity contribution in [3.8, 4) is 5.75 Å². The summed E-state index contributed by atoms with van der Waals surface area (Å²) < 4.78 is 33.3. The van der Waals surface area contributed by atoms with E-state index in [-0.39, 0.29) is 10.8 Å². The average Bonchev–Trinajstić information content (AvgIpc) is 3.25. The molecule has 0 spiro atoms. The van der Waals surface area contributed by atoms with Gasteiger partial charge in [-0.2, -0.15) is 4.31 Å². The van der Waals surface area contributed by atoms with Crippen molar-refractivity contribution in [3.63, 3.8) is 0 Å². The van der Waals surface area contributed by atoms with Gasteiger partial charge in [-0.15, -0.1) is 11.3 Å². The Morgan fingerprint density at radius 3 is 2.84 bits per heavy atom. The fourth-order valence-electron chi connectivity index (χ4n) is 3.52. The van der Waals surface area contributed by atoms with E-state index in [9.17, 15) is 13.2 Å². The summed E-state index contributed by atoms with van der Waals surface area (Å²) in [4.78, 5) is 13.9. The Morgan fingerprint density at radius 1 is 1.16 bits per heavy atom. The van der Waals surface area contributed by atoms with E-state index in [0.29, 0.717) is 38.2 Å². The number of sulfonamides is 1. The summed E-state index contributed by atoms with van der Waals surface area (Å²) >= 11 is 1.66. The van der Waals surface area contributed by atoms with Gasteiger partial charge in [0.15, 0.2) is 0 Å². The van der Waals surface area contributed by atoms with Gasteiger partial charge in [0.05, 0.1) is 11.4 Å². The SMILES string of the molecule is Cc1cccc(OCCNC(=O)c2cccc(S(=O)(=O)N3CCc4sccc4C3)c2)c1. The summed E-state index contributed by atoms with van der Waals surface area (Å²) in [5.74, 6) is 0.418. The quantitative estimate of drug-likeness (QED) is 0.551. The number of rotatable bonds is 7. The number of benzene rings is 2. The molecule has 2 heterocycles. The van der Waals surface area contributed by atoms with Crippen LogP contribution in [0.5, 0.6) is 5.75 Å². The molecule has 0 unspecified atom stereocenters. The van der Waals surface area contributed by atoms with Crippen LogP contribution in [-0.4, -0.2) is 38.3 Å². The van der Waals surface area contributed by atoms with Crippen LogP contribution in [0.2, 0.25) is 0 Å². The monoisotopic (exact) mass is 456 g/mol. The molecule has 31 heavy (non-hydrogen) atoms. The van der Waals surface area contributed by atoms with Crippen LogP contribution in [-0.2, 0) is 23.0 Å². The summed E-state index contributed by atoms with van der Waals surface area (Å²) in [5.41, 5.74) is 2.47. The van der Waals surface area contributed by atoms with E-state index in [0.717, 1.165) is 16.9 Å². The van der Waals surface area contributed by atoms with E-state index in [2.05, 4.69) is 5.32 Å². The largest absolute Gasteiger partial charge is 0.492 e. The molecular weight excluding hydrogens is 432 g/mol. The number of carbonyl (C=O) groups excluding carboxylic acids is 1. The highest BCUT2D eigenvalue weighted by Crippen LogP contribution is 2.28. The molecule has 8 heteroatoms. The van der Waals surface area contributed by atoms with Crippen LogP contribution in [0.4, 0.5) is 0 Å². The molecule has 0 atom stereocenters. The van der Waals surface area contributed by atoms with Gasteiger partial charge in [-0.25, -0.2) is 8.42 Å². The van der Waals surface area contributed by atoms with Crippen LogP contribution in [0.25, 0.3) is 0 Å². The predicted molar refractivity (Wildman–Crippen MR) is 121 cm³/mol. The Morgan fingerprint density at radius 2 is 2.00 bits per heavy atom. The minimum absolute atomic E-state index is 0.134. The van der Waals surface area contributed by atoms with Gasteiger partial charge in [0.1, 0.15) is 12.4 Å². The maximum atomic E-state index is 13.1. The number of thiophene rings is 1. The number of aryl methyl sites for hydroxylation is 1. The second-order valence-corrected chi connectivity index (χ2v) is 10.3. The molecule has 0 aliphatic carbocycles. The molecule has 6 nitrogen and oxygen atoms in total. The minimum atomic E-state index is -3.67. The normalized spacial score (nSPS) is 14.1. The van der Waals surface area contributed by atoms with E-state index < -0.39 is 10.0 Å². The number of hydrogen-bond acceptors (Lipinski definition) is 5. The minimum Gasteiger partial charge on any atom is -0.492 e. The van der Waals surface area contributed by atoms with Crippen molar-refractivity contribution in [2.75, 3.05) is 19.7 Å². The van der Waals surface area contributed by atoms with Gasteiger partial charge in [0.2, 0.25) is 10.0 Å². The standard InChI is InChI=1S/C23H24N2O4S2/c1-17-4-2-6-20(14-17)29-12-10-24-23(26)18-5-3-7-21(15-18)31(27,28)25-11-8-22-19(16-25)9-13-30-22/h2-7,9,13-15H,8,10-12,16H2,1H3,(H,24,26). The van der Waals surface area contributed by atoms with E-state index in [1.54, 1.807) is 23.5 Å². The average molecular weight is 457 g/mol. The molecule has 1 N–H and O–H groups in total. The number of amides is 1. The summed E-state index contributed by atoms with van der Waals surface area (Å²) in [6, 6.07) is 15.9. The fraction of sp³-hybridized carbons (Fsp3) is 0.261. The van der Waals surface area contributed by atoms with E-state index in [4.69, 9.17) is 4.74 Å². The van der Waals surface area contributed by atoms with Crippen LogP contribution in [0.3, 0.4) is 0 Å².